The van der Waals surface area contributed by atoms with E-state index in [4.69, 9.17) is 4.74 Å². The molecule has 1 N–H and O–H groups in total. The first kappa shape index (κ1) is 15.1. The van der Waals surface area contributed by atoms with Gasteiger partial charge in [-0.05, 0) is 25.0 Å². The van der Waals surface area contributed by atoms with Crippen LogP contribution in [0.15, 0.2) is 18.2 Å². The van der Waals surface area contributed by atoms with E-state index >= 15 is 0 Å². The molecule has 1 aliphatic heterocycles. The monoisotopic (exact) mass is 293 g/mol. The summed E-state index contributed by atoms with van der Waals surface area (Å²) >= 11 is 0. The molecule has 0 aromatic heterocycles. The van der Waals surface area contributed by atoms with Crippen LogP contribution in [-0.4, -0.2) is 42.0 Å². The van der Waals surface area contributed by atoms with Gasteiger partial charge in [-0.3, -0.25) is 14.9 Å². The molecule has 1 aromatic carbocycles. The minimum absolute atomic E-state index is 0.0522. The molecule has 7 heteroatoms. The Bertz CT molecular complexity index is 539. The molecular formula is C14H19N3O4. The lowest BCUT2D eigenvalue weighted by Gasteiger charge is -2.32. The van der Waals surface area contributed by atoms with Crippen molar-refractivity contribution >= 4 is 17.3 Å². The quantitative estimate of drug-likeness (QED) is 0.678. The van der Waals surface area contributed by atoms with Gasteiger partial charge in [-0.1, -0.05) is 0 Å². The van der Waals surface area contributed by atoms with Crippen LogP contribution in [0.4, 0.5) is 11.4 Å². The van der Waals surface area contributed by atoms with Gasteiger partial charge < -0.3 is 15.0 Å². The predicted molar refractivity (Wildman–Crippen MR) is 78.5 cm³/mol. The highest BCUT2D eigenvalue weighted by molar-refractivity contribution is 5.73. The average molecular weight is 293 g/mol. The number of nitrogens with one attached hydrogen (secondary N) is 1. The van der Waals surface area contributed by atoms with Gasteiger partial charge in [0.1, 0.15) is 0 Å². The van der Waals surface area contributed by atoms with Crippen molar-refractivity contribution in [3.8, 4) is 5.75 Å². The Balaban J connectivity index is 2.02. The lowest BCUT2D eigenvalue weighted by Crippen LogP contribution is -2.41. The molecular weight excluding hydrogens is 274 g/mol. The molecule has 0 saturated carbocycles. The maximum Gasteiger partial charge on any atom is 0.312 e. The molecule has 1 amide bonds. The number of ether oxygens (including phenoxy) is 1. The fourth-order valence-corrected chi connectivity index (χ4v) is 2.50. The van der Waals surface area contributed by atoms with Crippen LogP contribution in [0.25, 0.3) is 0 Å². The first-order valence-corrected chi connectivity index (χ1v) is 6.85. The summed E-state index contributed by atoms with van der Waals surface area (Å²) in [6.45, 7) is 3.00. The third-order valence-electron chi connectivity index (χ3n) is 3.69. The van der Waals surface area contributed by atoms with Crippen LogP contribution in [0.2, 0.25) is 0 Å². The second-order valence-corrected chi connectivity index (χ2v) is 5.07. The summed E-state index contributed by atoms with van der Waals surface area (Å²) in [4.78, 5) is 23.6. The fourth-order valence-electron chi connectivity index (χ4n) is 2.50. The number of hydrogen-bond donors (Lipinski definition) is 1. The summed E-state index contributed by atoms with van der Waals surface area (Å²) in [5, 5.41) is 14.3. The Morgan fingerprint density at radius 2 is 2.10 bits per heavy atom. The molecule has 0 radical (unpaired) electrons. The highest BCUT2D eigenvalue weighted by atomic mass is 16.6. The van der Waals surface area contributed by atoms with Crippen molar-refractivity contribution < 1.29 is 14.5 Å². The van der Waals surface area contributed by atoms with E-state index in [1.165, 1.54) is 13.2 Å². The lowest BCUT2D eigenvalue weighted by atomic mass is 10.0. The standard InChI is InChI=1S/C14H19N3O4/c1-10(18)16-7-5-11(6-8-16)15-12-3-4-14(21-2)13(9-12)17(19)20/h3-4,9,11,15H,5-8H2,1-2H3. The second kappa shape index (κ2) is 6.43. The number of nitrogens with zero attached hydrogens (tertiary/aromatic N) is 2. The van der Waals surface area contributed by atoms with Gasteiger partial charge >= 0.3 is 5.69 Å². The van der Waals surface area contributed by atoms with E-state index in [1.807, 2.05) is 4.90 Å². The van der Waals surface area contributed by atoms with Crippen molar-refractivity contribution in [1.29, 1.82) is 0 Å². The summed E-state index contributed by atoms with van der Waals surface area (Å²) in [5.41, 5.74) is 0.646. The largest absolute Gasteiger partial charge is 0.490 e. The van der Waals surface area contributed by atoms with Gasteiger partial charge in [0.15, 0.2) is 5.75 Å². The molecule has 7 nitrogen and oxygen atoms in total. The van der Waals surface area contributed by atoms with Gasteiger partial charge in [0.25, 0.3) is 0 Å². The van der Waals surface area contributed by atoms with Gasteiger partial charge in [0.05, 0.1) is 12.0 Å². The van der Waals surface area contributed by atoms with E-state index in [0.29, 0.717) is 18.8 Å². The highest BCUT2D eigenvalue weighted by Gasteiger charge is 2.22. The number of methoxy groups -OCH3 is 1. The SMILES string of the molecule is COc1ccc(NC2CCN(C(C)=O)CC2)cc1[N+](=O)[O-]. The maximum atomic E-state index is 11.3. The molecule has 1 fully saturated rings. The number of amides is 1. The maximum absolute atomic E-state index is 11.3. The minimum Gasteiger partial charge on any atom is -0.490 e. The smallest absolute Gasteiger partial charge is 0.312 e. The van der Waals surface area contributed by atoms with Crippen LogP contribution in [0.5, 0.6) is 5.75 Å². The third-order valence-corrected chi connectivity index (χ3v) is 3.69. The number of carbonyl (C=O) groups excluding carboxylic acids is 1. The van der Waals surface area contributed by atoms with Gasteiger partial charge in [-0.15, -0.1) is 0 Å². The number of rotatable bonds is 4. The third kappa shape index (κ3) is 3.62. The molecule has 2 rings (SSSR count). The number of hydrogen-bond acceptors (Lipinski definition) is 5. The van der Waals surface area contributed by atoms with Crippen LogP contribution in [0, 0.1) is 10.1 Å². The van der Waals surface area contributed by atoms with Crippen molar-refractivity contribution in [3.05, 3.63) is 28.3 Å². The van der Waals surface area contributed by atoms with Gasteiger partial charge in [-0.2, -0.15) is 0 Å². The molecule has 1 saturated heterocycles. The van der Waals surface area contributed by atoms with Crippen molar-refractivity contribution in [2.75, 3.05) is 25.5 Å². The number of carbonyl (C=O) groups is 1. The minimum atomic E-state index is -0.456. The van der Waals surface area contributed by atoms with Crippen LogP contribution >= 0.6 is 0 Å². The Labute approximate surface area is 123 Å². The van der Waals surface area contributed by atoms with E-state index in [0.717, 1.165) is 12.8 Å². The number of piperidine rings is 1. The Kier molecular flexibility index (Phi) is 4.62. The van der Waals surface area contributed by atoms with Crippen molar-refractivity contribution in [1.82, 2.24) is 4.90 Å². The van der Waals surface area contributed by atoms with Crippen LogP contribution in [-0.2, 0) is 4.79 Å². The summed E-state index contributed by atoms with van der Waals surface area (Å²) in [6.07, 6.45) is 1.67. The molecule has 0 aliphatic carbocycles. The van der Waals surface area contributed by atoms with Gasteiger partial charge in [-0.25, -0.2) is 0 Å². The summed E-state index contributed by atoms with van der Waals surface area (Å²) in [5.74, 6) is 0.338. The molecule has 21 heavy (non-hydrogen) atoms. The zero-order valence-corrected chi connectivity index (χ0v) is 12.2. The summed E-state index contributed by atoms with van der Waals surface area (Å²) in [7, 11) is 1.41. The molecule has 0 unspecified atom stereocenters. The number of anilines is 1. The number of likely N-dealkylation sites (tertiary alicyclic amines) is 1. The van der Waals surface area contributed by atoms with Crippen LogP contribution in [0.3, 0.4) is 0 Å². The number of benzene rings is 1. The molecule has 1 aliphatic rings. The van der Waals surface area contributed by atoms with E-state index in [-0.39, 0.29) is 23.4 Å². The molecule has 0 atom stereocenters. The highest BCUT2D eigenvalue weighted by Crippen LogP contribution is 2.30. The second-order valence-electron chi connectivity index (χ2n) is 5.07. The van der Waals surface area contributed by atoms with Crippen LogP contribution in [0.1, 0.15) is 19.8 Å². The number of nitro benzene ring substituents is 1. The molecule has 0 bridgehead atoms. The first-order chi connectivity index (χ1) is 10.0. The Morgan fingerprint density at radius 3 is 2.62 bits per heavy atom. The lowest BCUT2D eigenvalue weighted by molar-refractivity contribution is -0.385. The number of nitro groups is 1. The normalized spacial score (nSPS) is 15.6. The van der Waals surface area contributed by atoms with E-state index in [9.17, 15) is 14.9 Å². The molecule has 0 spiro atoms. The van der Waals surface area contributed by atoms with E-state index in [1.54, 1.807) is 19.1 Å². The van der Waals surface area contributed by atoms with E-state index in [2.05, 4.69) is 5.32 Å². The molecule has 114 valence electrons. The Morgan fingerprint density at radius 1 is 1.43 bits per heavy atom. The topological polar surface area (TPSA) is 84.7 Å². The zero-order valence-electron chi connectivity index (χ0n) is 12.2. The van der Waals surface area contributed by atoms with Gasteiger partial charge in [0.2, 0.25) is 5.91 Å². The molecule has 1 aromatic rings. The van der Waals surface area contributed by atoms with Crippen molar-refractivity contribution in [3.63, 3.8) is 0 Å². The fraction of sp³-hybridized carbons (Fsp3) is 0.500. The Hall–Kier alpha value is -2.31. The predicted octanol–water partition coefficient (Wildman–Crippen LogP) is 2.03. The van der Waals surface area contributed by atoms with Crippen LogP contribution < -0.4 is 10.1 Å². The van der Waals surface area contributed by atoms with Crippen molar-refractivity contribution in [2.24, 2.45) is 0 Å². The summed E-state index contributed by atoms with van der Waals surface area (Å²) < 4.78 is 4.98. The first-order valence-electron chi connectivity index (χ1n) is 6.85. The van der Waals surface area contributed by atoms with Gasteiger partial charge in [0, 0.05) is 37.8 Å². The van der Waals surface area contributed by atoms with E-state index < -0.39 is 4.92 Å². The summed E-state index contributed by atoms with van der Waals surface area (Å²) in [6, 6.07) is 5.05. The van der Waals surface area contributed by atoms with Crippen molar-refractivity contribution in [2.45, 2.75) is 25.8 Å². The average Bonchev–Trinajstić information content (AvgIpc) is 2.47. The zero-order chi connectivity index (χ0) is 15.4. The molecule has 1 heterocycles.